The number of pyridine rings is 1. The lowest BCUT2D eigenvalue weighted by molar-refractivity contribution is 0.354. The molecule has 22 heavy (non-hydrogen) atoms. The molecule has 1 heterocycles. The molecule has 3 aromatic rings. The highest BCUT2D eigenvalue weighted by Gasteiger charge is 2.08. The second kappa shape index (κ2) is 5.93. The van der Waals surface area contributed by atoms with Crippen LogP contribution in [0, 0.1) is 0 Å². The van der Waals surface area contributed by atoms with Crippen molar-refractivity contribution in [1.29, 1.82) is 0 Å². The molecule has 2 aromatic carbocycles. The minimum Gasteiger partial charge on any atom is -0.493 e. The van der Waals surface area contributed by atoms with Gasteiger partial charge in [0.05, 0.1) is 14.2 Å². The van der Waals surface area contributed by atoms with Crippen molar-refractivity contribution in [2.45, 2.75) is 6.42 Å². The Labute approximate surface area is 128 Å². The molecular formula is C18H17NO3. The van der Waals surface area contributed by atoms with Crippen LogP contribution in [-0.2, 0) is 6.42 Å². The van der Waals surface area contributed by atoms with E-state index in [1.807, 2.05) is 42.5 Å². The molecule has 0 bridgehead atoms. The number of rotatable bonds is 4. The molecule has 0 aliphatic rings. The summed E-state index contributed by atoms with van der Waals surface area (Å²) in [6, 6.07) is 13.5. The van der Waals surface area contributed by atoms with Gasteiger partial charge in [0.2, 0.25) is 0 Å². The van der Waals surface area contributed by atoms with Crippen LogP contribution in [0.25, 0.3) is 10.8 Å². The highest BCUT2D eigenvalue weighted by Crippen LogP contribution is 2.29. The molecule has 0 aliphatic carbocycles. The monoisotopic (exact) mass is 295 g/mol. The van der Waals surface area contributed by atoms with Gasteiger partial charge in [-0.25, -0.2) is 0 Å². The third-order valence-corrected chi connectivity index (χ3v) is 3.74. The maximum Gasteiger partial charge on any atom is 0.255 e. The molecule has 1 N–H and O–H groups in total. The van der Waals surface area contributed by atoms with Gasteiger partial charge in [0.15, 0.2) is 11.5 Å². The standard InChI is InChI=1S/C18H17NO3/c1-21-16-8-7-12(10-17(16)22-2)9-13-11-19-18(20)15-6-4-3-5-14(13)15/h3-8,10-11H,9H2,1-2H3,(H,19,20). The first-order valence-corrected chi connectivity index (χ1v) is 7.03. The van der Waals surface area contributed by atoms with E-state index in [-0.39, 0.29) is 5.56 Å². The molecule has 0 aliphatic heterocycles. The van der Waals surface area contributed by atoms with Crippen LogP contribution in [0.5, 0.6) is 11.5 Å². The lowest BCUT2D eigenvalue weighted by Gasteiger charge is -2.10. The van der Waals surface area contributed by atoms with E-state index in [1.165, 1.54) is 0 Å². The number of benzene rings is 2. The van der Waals surface area contributed by atoms with Gasteiger partial charge in [0.1, 0.15) is 0 Å². The summed E-state index contributed by atoms with van der Waals surface area (Å²) in [5, 5.41) is 1.68. The fourth-order valence-electron chi connectivity index (χ4n) is 2.63. The van der Waals surface area contributed by atoms with Crippen LogP contribution in [0.15, 0.2) is 53.5 Å². The van der Waals surface area contributed by atoms with Crippen molar-refractivity contribution in [3.8, 4) is 11.5 Å². The molecule has 0 spiro atoms. The van der Waals surface area contributed by atoms with Crippen LogP contribution < -0.4 is 15.0 Å². The largest absolute Gasteiger partial charge is 0.493 e. The summed E-state index contributed by atoms with van der Waals surface area (Å²) in [6.45, 7) is 0. The molecule has 4 heteroatoms. The second-order valence-electron chi connectivity index (χ2n) is 5.05. The van der Waals surface area contributed by atoms with Gasteiger partial charge in [-0.1, -0.05) is 24.3 Å². The molecular weight excluding hydrogens is 278 g/mol. The number of methoxy groups -OCH3 is 2. The van der Waals surface area contributed by atoms with Crippen molar-refractivity contribution in [1.82, 2.24) is 4.98 Å². The maximum atomic E-state index is 11.9. The number of hydrogen-bond acceptors (Lipinski definition) is 3. The van der Waals surface area contributed by atoms with E-state index in [2.05, 4.69) is 4.98 Å². The number of nitrogens with one attached hydrogen (secondary N) is 1. The Hall–Kier alpha value is -2.75. The molecule has 0 saturated carbocycles. The van der Waals surface area contributed by atoms with Crippen molar-refractivity contribution in [3.05, 3.63) is 70.1 Å². The summed E-state index contributed by atoms with van der Waals surface area (Å²) in [7, 11) is 3.24. The van der Waals surface area contributed by atoms with E-state index in [0.717, 1.165) is 16.5 Å². The average Bonchev–Trinajstić information content (AvgIpc) is 2.57. The van der Waals surface area contributed by atoms with Crippen LogP contribution in [0.4, 0.5) is 0 Å². The quantitative estimate of drug-likeness (QED) is 0.804. The van der Waals surface area contributed by atoms with Crippen LogP contribution in [0.1, 0.15) is 11.1 Å². The summed E-state index contributed by atoms with van der Waals surface area (Å²) in [6.07, 6.45) is 2.49. The highest BCUT2D eigenvalue weighted by molar-refractivity contribution is 5.84. The Kier molecular flexibility index (Phi) is 3.83. The van der Waals surface area contributed by atoms with Crippen molar-refractivity contribution in [2.24, 2.45) is 0 Å². The van der Waals surface area contributed by atoms with Gasteiger partial charge < -0.3 is 14.5 Å². The molecule has 0 atom stereocenters. The molecule has 3 rings (SSSR count). The van der Waals surface area contributed by atoms with Gasteiger partial charge >= 0.3 is 0 Å². The zero-order valence-electron chi connectivity index (χ0n) is 12.6. The van der Waals surface area contributed by atoms with Gasteiger partial charge in [0.25, 0.3) is 5.56 Å². The summed E-state index contributed by atoms with van der Waals surface area (Å²) in [5.41, 5.74) is 2.10. The van der Waals surface area contributed by atoms with Crippen molar-refractivity contribution in [3.63, 3.8) is 0 Å². The van der Waals surface area contributed by atoms with E-state index in [4.69, 9.17) is 9.47 Å². The Morgan fingerprint density at radius 2 is 1.68 bits per heavy atom. The van der Waals surface area contributed by atoms with E-state index in [9.17, 15) is 4.79 Å². The van der Waals surface area contributed by atoms with Gasteiger partial charge in [-0.15, -0.1) is 0 Å². The maximum absolute atomic E-state index is 11.9. The second-order valence-corrected chi connectivity index (χ2v) is 5.05. The number of H-pyrrole nitrogens is 1. The van der Waals surface area contributed by atoms with Crippen molar-refractivity contribution >= 4 is 10.8 Å². The number of aromatic amines is 1. The molecule has 0 fully saturated rings. The molecule has 112 valence electrons. The van der Waals surface area contributed by atoms with E-state index >= 15 is 0 Å². The summed E-state index contributed by atoms with van der Waals surface area (Å²) in [5.74, 6) is 1.41. The molecule has 4 nitrogen and oxygen atoms in total. The minimum absolute atomic E-state index is 0.0633. The van der Waals surface area contributed by atoms with Gasteiger partial charge in [0, 0.05) is 11.6 Å². The van der Waals surface area contributed by atoms with Crippen LogP contribution in [0.3, 0.4) is 0 Å². The van der Waals surface area contributed by atoms with E-state index < -0.39 is 0 Å². The first kappa shape index (κ1) is 14.2. The predicted octanol–water partition coefficient (Wildman–Crippen LogP) is 3.14. The molecule has 0 radical (unpaired) electrons. The minimum atomic E-state index is -0.0633. The van der Waals surface area contributed by atoms with Crippen LogP contribution in [0.2, 0.25) is 0 Å². The highest BCUT2D eigenvalue weighted by atomic mass is 16.5. The van der Waals surface area contributed by atoms with Crippen LogP contribution >= 0.6 is 0 Å². The molecule has 1 aromatic heterocycles. The molecule has 0 saturated heterocycles. The third kappa shape index (κ3) is 2.55. The lowest BCUT2D eigenvalue weighted by atomic mass is 10.0. The Bertz CT molecular complexity index is 868. The fraction of sp³-hybridized carbons (Fsp3) is 0.167. The topological polar surface area (TPSA) is 51.3 Å². The smallest absolute Gasteiger partial charge is 0.255 e. The zero-order valence-corrected chi connectivity index (χ0v) is 12.6. The number of hydrogen-bond donors (Lipinski definition) is 1. The summed E-state index contributed by atoms with van der Waals surface area (Å²) >= 11 is 0. The first-order chi connectivity index (χ1) is 10.7. The Morgan fingerprint density at radius 1 is 0.955 bits per heavy atom. The van der Waals surface area contributed by atoms with Gasteiger partial charge in [-0.3, -0.25) is 4.79 Å². The predicted molar refractivity (Wildman–Crippen MR) is 86.9 cm³/mol. The molecule has 0 amide bonds. The normalized spacial score (nSPS) is 10.6. The number of ether oxygens (including phenoxy) is 2. The SMILES string of the molecule is COc1ccc(Cc2c[nH]c(=O)c3ccccc23)cc1OC. The number of fused-ring (bicyclic) bond motifs is 1. The van der Waals surface area contributed by atoms with Gasteiger partial charge in [-0.05, 0) is 41.1 Å². The number of aromatic nitrogens is 1. The summed E-state index contributed by atoms with van der Waals surface area (Å²) in [4.78, 5) is 14.7. The van der Waals surface area contributed by atoms with Crippen molar-refractivity contribution in [2.75, 3.05) is 14.2 Å². The van der Waals surface area contributed by atoms with Crippen molar-refractivity contribution < 1.29 is 9.47 Å². The van der Waals surface area contributed by atoms with Gasteiger partial charge in [-0.2, -0.15) is 0 Å². The Morgan fingerprint density at radius 3 is 2.41 bits per heavy atom. The first-order valence-electron chi connectivity index (χ1n) is 7.03. The zero-order chi connectivity index (χ0) is 15.5. The van der Waals surface area contributed by atoms with Crippen LogP contribution in [-0.4, -0.2) is 19.2 Å². The lowest BCUT2D eigenvalue weighted by Crippen LogP contribution is -2.07. The molecule has 0 unspecified atom stereocenters. The average molecular weight is 295 g/mol. The fourth-order valence-corrected chi connectivity index (χ4v) is 2.63. The third-order valence-electron chi connectivity index (χ3n) is 3.74. The van der Waals surface area contributed by atoms with E-state index in [0.29, 0.717) is 23.3 Å². The summed E-state index contributed by atoms with van der Waals surface area (Å²) < 4.78 is 10.6. The van der Waals surface area contributed by atoms with E-state index in [1.54, 1.807) is 20.4 Å². The Balaban J connectivity index is 2.04.